The van der Waals surface area contributed by atoms with Crippen LogP contribution in [0, 0.1) is 5.92 Å². The van der Waals surface area contributed by atoms with Crippen LogP contribution in [-0.4, -0.2) is 26.1 Å². The second kappa shape index (κ2) is 7.15. The standard InChI is InChI=1S/C16H21NO5/c1-21-13-8-11(16(19)20)12(9-14(13)22-2)17-15(18)10-6-4-3-5-7-10/h8-10H,3-7H2,1-2H3,(H,17,18)(H,19,20)/p-1. The van der Waals surface area contributed by atoms with Crippen molar-refractivity contribution < 1.29 is 24.2 Å². The molecule has 1 N–H and O–H groups in total. The summed E-state index contributed by atoms with van der Waals surface area (Å²) in [5.41, 5.74) is 0.0510. The van der Waals surface area contributed by atoms with E-state index in [1.165, 1.54) is 26.4 Å². The van der Waals surface area contributed by atoms with Gasteiger partial charge in [-0.1, -0.05) is 19.3 Å². The zero-order valence-corrected chi connectivity index (χ0v) is 12.8. The van der Waals surface area contributed by atoms with Crippen LogP contribution in [0.25, 0.3) is 0 Å². The third kappa shape index (κ3) is 3.50. The third-order valence-corrected chi connectivity index (χ3v) is 3.98. The number of methoxy groups -OCH3 is 2. The number of hydrogen-bond acceptors (Lipinski definition) is 5. The molecule has 1 amide bonds. The Kier molecular flexibility index (Phi) is 5.25. The molecule has 120 valence electrons. The number of hydrogen-bond donors (Lipinski definition) is 1. The van der Waals surface area contributed by atoms with Gasteiger partial charge in [0.25, 0.3) is 0 Å². The van der Waals surface area contributed by atoms with Gasteiger partial charge in [-0.15, -0.1) is 0 Å². The molecular weight excluding hydrogens is 286 g/mol. The van der Waals surface area contributed by atoms with Crippen LogP contribution in [0.3, 0.4) is 0 Å². The van der Waals surface area contributed by atoms with Gasteiger partial charge in [0.05, 0.1) is 25.9 Å². The number of rotatable bonds is 5. The lowest BCUT2D eigenvalue weighted by molar-refractivity contribution is -0.254. The summed E-state index contributed by atoms with van der Waals surface area (Å²) in [6.07, 6.45) is 4.86. The van der Waals surface area contributed by atoms with Crippen molar-refractivity contribution in [3.05, 3.63) is 17.7 Å². The van der Waals surface area contributed by atoms with E-state index in [9.17, 15) is 14.7 Å². The number of carbonyl (C=O) groups excluding carboxylic acids is 2. The molecular formula is C16H20NO5-. The van der Waals surface area contributed by atoms with Crippen molar-refractivity contribution in [2.24, 2.45) is 5.92 Å². The Balaban J connectivity index is 2.27. The summed E-state index contributed by atoms with van der Waals surface area (Å²) < 4.78 is 10.2. The Morgan fingerprint density at radius 2 is 1.68 bits per heavy atom. The van der Waals surface area contributed by atoms with E-state index in [0.717, 1.165) is 32.1 Å². The lowest BCUT2D eigenvalue weighted by Crippen LogP contribution is -2.28. The van der Waals surface area contributed by atoms with Crippen molar-refractivity contribution >= 4 is 17.6 Å². The van der Waals surface area contributed by atoms with Crippen molar-refractivity contribution in [2.45, 2.75) is 32.1 Å². The fraction of sp³-hybridized carbons (Fsp3) is 0.500. The predicted molar refractivity (Wildman–Crippen MR) is 79.1 cm³/mol. The number of carboxylic acid groups (broad SMARTS) is 1. The number of nitrogens with one attached hydrogen (secondary N) is 1. The second-order valence-corrected chi connectivity index (χ2v) is 5.36. The summed E-state index contributed by atoms with van der Waals surface area (Å²) in [7, 11) is 2.86. The Labute approximate surface area is 129 Å². The van der Waals surface area contributed by atoms with Crippen molar-refractivity contribution in [3.63, 3.8) is 0 Å². The Morgan fingerprint density at radius 3 is 2.23 bits per heavy atom. The molecule has 0 aromatic heterocycles. The highest BCUT2D eigenvalue weighted by molar-refractivity contribution is 6.01. The maximum absolute atomic E-state index is 12.3. The molecule has 6 nitrogen and oxygen atoms in total. The summed E-state index contributed by atoms with van der Waals surface area (Å²) in [6.45, 7) is 0. The average Bonchev–Trinajstić information content (AvgIpc) is 2.54. The highest BCUT2D eigenvalue weighted by Crippen LogP contribution is 2.34. The molecule has 1 saturated carbocycles. The molecule has 6 heteroatoms. The monoisotopic (exact) mass is 306 g/mol. The van der Waals surface area contributed by atoms with Crippen LogP contribution in [0.2, 0.25) is 0 Å². The molecule has 0 bridgehead atoms. The first-order valence-electron chi connectivity index (χ1n) is 7.35. The van der Waals surface area contributed by atoms with Crippen LogP contribution in [0.1, 0.15) is 42.5 Å². The number of aromatic carboxylic acids is 1. The average molecular weight is 306 g/mol. The highest BCUT2D eigenvalue weighted by Gasteiger charge is 2.22. The molecule has 22 heavy (non-hydrogen) atoms. The molecule has 1 aliphatic carbocycles. The van der Waals surface area contributed by atoms with Crippen LogP contribution in [0.5, 0.6) is 11.5 Å². The zero-order valence-electron chi connectivity index (χ0n) is 12.8. The first-order chi connectivity index (χ1) is 10.6. The van der Waals surface area contributed by atoms with E-state index >= 15 is 0 Å². The van der Waals surface area contributed by atoms with E-state index in [-0.39, 0.29) is 28.8 Å². The van der Waals surface area contributed by atoms with Crippen molar-refractivity contribution in [1.82, 2.24) is 0 Å². The molecule has 0 atom stereocenters. The van der Waals surface area contributed by atoms with Gasteiger partial charge < -0.3 is 24.7 Å². The van der Waals surface area contributed by atoms with Gasteiger partial charge in [0, 0.05) is 17.5 Å². The van der Waals surface area contributed by atoms with Crippen molar-refractivity contribution in [2.75, 3.05) is 19.5 Å². The van der Waals surface area contributed by atoms with Crippen molar-refractivity contribution in [3.8, 4) is 11.5 Å². The Morgan fingerprint density at radius 1 is 1.09 bits per heavy atom. The van der Waals surface area contributed by atoms with Gasteiger partial charge >= 0.3 is 0 Å². The van der Waals surface area contributed by atoms with Gasteiger partial charge in [0.15, 0.2) is 11.5 Å². The quantitative estimate of drug-likeness (QED) is 0.892. The third-order valence-electron chi connectivity index (χ3n) is 3.98. The SMILES string of the molecule is COc1cc(NC(=O)C2CCCCC2)c(C(=O)[O-])cc1OC. The van der Waals surface area contributed by atoms with Crippen LogP contribution in [0.4, 0.5) is 5.69 Å². The topological polar surface area (TPSA) is 87.7 Å². The molecule has 0 saturated heterocycles. The zero-order chi connectivity index (χ0) is 16.1. The van der Waals surface area contributed by atoms with E-state index in [2.05, 4.69) is 5.32 Å². The molecule has 1 aromatic carbocycles. The second-order valence-electron chi connectivity index (χ2n) is 5.36. The minimum atomic E-state index is -1.38. The fourth-order valence-electron chi connectivity index (χ4n) is 2.75. The first-order valence-corrected chi connectivity index (χ1v) is 7.35. The summed E-state index contributed by atoms with van der Waals surface area (Å²) in [4.78, 5) is 23.6. The predicted octanol–water partition coefficient (Wildman–Crippen LogP) is 1.59. The number of carboxylic acids is 1. The van der Waals surface area contributed by atoms with Crippen molar-refractivity contribution in [1.29, 1.82) is 0 Å². The van der Waals surface area contributed by atoms with E-state index in [4.69, 9.17) is 9.47 Å². The normalized spacial score (nSPS) is 15.2. The molecule has 1 aromatic rings. The molecule has 1 aliphatic rings. The van der Waals surface area contributed by atoms with Crippen LogP contribution in [-0.2, 0) is 4.79 Å². The minimum absolute atomic E-state index is 0.0727. The summed E-state index contributed by atoms with van der Waals surface area (Å²) >= 11 is 0. The number of amides is 1. The summed E-state index contributed by atoms with van der Waals surface area (Å²) in [5, 5.41) is 14.0. The van der Waals surface area contributed by atoms with Gasteiger partial charge in [-0.25, -0.2) is 0 Å². The van der Waals surface area contributed by atoms with Gasteiger partial charge in [-0.3, -0.25) is 4.79 Å². The highest BCUT2D eigenvalue weighted by atomic mass is 16.5. The smallest absolute Gasteiger partial charge is 0.227 e. The number of carbonyl (C=O) groups is 2. The largest absolute Gasteiger partial charge is 0.545 e. The van der Waals surface area contributed by atoms with Gasteiger partial charge in [-0.2, -0.15) is 0 Å². The van der Waals surface area contributed by atoms with E-state index in [1.807, 2.05) is 0 Å². The first kappa shape index (κ1) is 16.1. The van der Waals surface area contributed by atoms with Crippen LogP contribution < -0.4 is 19.9 Å². The number of ether oxygens (including phenoxy) is 2. The molecule has 0 heterocycles. The van der Waals surface area contributed by atoms with E-state index in [0.29, 0.717) is 5.75 Å². The molecule has 0 aliphatic heterocycles. The van der Waals surface area contributed by atoms with E-state index in [1.54, 1.807) is 0 Å². The lowest BCUT2D eigenvalue weighted by Gasteiger charge is -2.22. The maximum atomic E-state index is 12.3. The Bertz CT molecular complexity index is 564. The molecule has 0 radical (unpaired) electrons. The fourth-order valence-corrected chi connectivity index (χ4v) is 2.75. The minimum Gasteiger partial charge on any atom is -0.545 e. The molecule has 0 unspecified atom stereocenters. The maximum Gasteiger partial charge on any atom is 0.227 e. The van der Waals surface area contributed by atoms with Crippen LogP contribution in [0.15, 0.2) is 12.1 Å². The summed E-state index contributed by atoms with van der Waals surface area (Å²) in [5.74, 6) is -0.977. The number of benzene rings is 1. The van der Waals surface area contributed by atoms with Gasteiger partial charge in [-0.05, 0) is 18.9 Å². The van der Waals surface area contributed by atoms with Crippen LogP contribution >= 0.6 is 0 Å². The molecule has 0 spiro atoms. The number of anilines is 1. The van der Waals surface area contributed by atoms with Gasteiger partial charge in [0.1, 0.15) is 0 Å². The Hall–Kier alpha value is -2.24. The summed E-state index contributed by atoms with van der Waals surface area (Å²) in [6, 6.07) is 2.75. The molecule has 2 rings (SSSR count). The van der Waals surface area contributed by atoms with E-state index < -0.39 is 5.97 Å². The lowest BCUT2D eigenvalue weighted by atomic mass is 9.88. The van der Waals surface area contributed by atoms with Gasteiger partial charge in [0.2, 0.25) is 5.91 Å². The molecule has 1 fully saturated rings.